The van der Waals surface area contributed by atoms with Crippen LogP contribution >= 0.6 is 11.8 Å². The van der Waals surface area contributed by atoms with Crippen molar-refractivity contribution in [3.05, 3.63) is 41.3 Å². The molecular formula is C27H30F3NO6S. The second-order valence-electron chi connectivity index (χ2n) is 11.5. The van der Waals surface area contributed by atoms with E-state index in [0.717, 1.165) is 6.08 Å². The van der Waals surface area contributed by atoms with Crippen LogP contribution in [0.3, 0.4) is 0 Å². The molecule has 4 aliphatic carbocycles. The van der Waals surface area contributed by atoms with Crippen molar-refractivity contribution in [2.24, 2.45) is 28.6 Å². The molecule has 4 aliphatic rings. The average Bonchev–Trinajstić information content (AvgIpc) is 3.38. The quantitative estimate of drug-likeness (QED) is 0.538. The van der Waals surface area contributed by atoms with E-state index in [4.69, 9.17) is 9.26 Å². The van der Waals surface area contributed by atoms with Crippen LogP contribution in [0, 0.1) is 35.5 Å². The zero-order valence-corrected chi connectivity index (χ0v) is 22.3. The molecule has 1 N–H and O–H groups in total. The Kier molecular flexibility index (Phi) is 6.30. The number of esters is 1. The van der Waals surface area contributed by atoms with Gasteiger partial charge in [0.15, 0.2) is 22.7 Å². The van der Waals surface area contributed by atoms with Gasteiger partial charge in [0.1, 0.15) is 17.9 Å². The summed E-state index contributed by atoms with van der Waals surface area (Å²) in [6, 6.07) is 0.260. The average molecular weight is 554 g/mol. The normalized spacial score (nSPS) is 43.6. The Balaban J connectivity index is 1.63. The Morgan fingerprint density at radius 2 is 2.00 bits per heavy atom. The third kappa shape index (κ3) is 3.33. The number of thioether (sulfide) groups is 1. The number of fused-ring (bicyclic) bond motifs is 5. The number of aliphatic hydroxyl groups is 1. The molecule has 9 atom stereocenters. The van der Waals surface area contributed by atoms with E-state index >= 15 is 8.78 Å². The van der Waals surface area contributed by atoms with Crippen LogP contribution in [-0.4, -0.2) is 56.7 Å². The molecule has 0 aromatic carbocycles. The number of ketones is 1. The molecule has 206 valence electrons. The third-order valence-corrected chi connectivity index (χ3v) is 10.4. The number of aryl methyl sites for hydroxylation is 1. The predicted molar refractivity (Wildman–Crippen MR) is 131 cm³/mol. The minimum absolute atomic E-state index is 0.0133. The smallest absolute Gasteiger partial charge is 0.361 e. The molecule has 0 saturated heterocycles. The first kappa shape index (κ1) is 27.2. The number of hydrogen-bond acceptors (Lipinski definition) is 8. The highest BCUT2D eigenvalue weighted by molar-refractivity contribution is 8.13. The lowest BCUT2D eigenvalue weighted by Crippen LogP contribution is -2.70. The Morgan fingerprint density at radius 1 is 1.29 bits per heavy atom. The summed E-state index contributed by atoms with van der Waals surface area (Å²) in [7, 11) is 0. The van der Waals surface area contributed by atoms with Crippen LogP contribution in [0.1, 0.15) is 56.3 Å². The van der Waals surface area contributed by atoms with Crippen LogP contribution in [0.15, 0.2) is 34.4 Å². The van der Waals surface area contributed by atoms with Gasteiger partial charge in [-0.2, -0.15) is 0 Å². The number of nitrogens with zero attached hydrogens (tertiary/aromatic N) is 1. The van der Waals surface area contributed by atoms with Crippen molar-refractivity contribution in [1.29, 1.82) is 0 Å². The third-order valence-electron chi connectivity index (χ3n) is 9.75. The molecule has 3 fully saturated rings. The number of carbonyl (C=O) groups excluding carboxylic acids is 3. The highest BCUT2D eigenvalue weighted by atomic mass is 32.2. The van der Waals surface area contributed by atoms with Crippen molar-refractivity contribution >= 4 is 28.6 Å². The summed E-state index contributed by atoms with van der Waals surface area (Å²) in [6.45, 7) is 6.35. The highest BCUT2D eigenvalue weighted by Gasteiger charge is 2.78. The first-order chi connectivity index (χ1) is 17.8. The van der Waals surface area contributed by atoms with E-state index in [1.165, 1.54) is 25.1 Å². The Labute approximate surface area is 222 Å². The number of halogens is 3. The molecule has 5 rings (SSSR count). The highest BCUT2D eigenvalue weighted by Crippen LogP contribution is 2.72. The Bertz CT molecular complexity index is 1270. The Hall–Kier alpha value is -2.40. The van der Waals surface area contributed by atoms with E-state index in [1.54, 1.807) is 20.8 Å². The van der Waals surface area contributed by atoms with Crippen molar-refractivity contribution in [2.75, 3.05) is 6.01 Å². The number of allylic oxidation sites excluding steroid dienone is 4. The molecule has 5 unspecified atom stereocenters. The minimum atomic E-state index is -2.36. The molecule has 0 bridgehead atoms. The van der Waals surface area contributed by atoms with Crippen LogP contribution in [0.2, 0.25) is 0 Å². The van der Waals surface area contributed by atoms with Gasteiger partial charge >= 0.3 is 5.97 Å². The topological polar surface area (TPSA) is 107 Å². The lowest BCUT2D eigenvalue weighted by atomic mass is 9.44. The molecule has 3 saturated carbocycles. The standard InChI is InChI=1S/C27H30F3NO6S/c1-13-7-16-17-10-19(29)18-9-15(32)5-6-24(18,3)26(17,30)21(33)11-25(16,4)27(13,23(35)38-12-28)36-22(34)20-8-14(2)37-31-20/h5-6,8-9,13,16-17,19,21,33H,7,10-12H2,1-4H3/t13?,16-,17-,19?,21?,24-,25-,26?,27?/m0/s1. The van der Waals surface area contributed by atoms with Crippen LogP contribution in [0.25, 0.3) is 0 Å². The van der Waals surface area contributed by atoms with Gasteiger partial charge in [0, 0.05) is 28.7 Å². The number of aromatic nitrogens is 1. The van der Waals surface area contributed by atoms with Gasteiger partial charge in [-0.1, -0.05) is 25.1 Å². The summed E-state index contributed by atoms with van der Waals surface area (Å²) < 4.78 is 57.5. The maximum Gasteiger partial charge on any atom is 0.361 e. The van der Waals surface area contributed by atoms with Gasteiger partial charge in [0.2, 0.25) is 5.12 Å². The van der Waals surface area contributed by atoms with Gasteiger partial charge < -0.3 is 14.4 Å². The fourth-order valence-electron chi connectivity index (χ4n) is 8.04. The number of aliphatic hydroxyl groups excluding tert-OH is 1. The molecule has 1 aromatic heterocycles. The first-order valence-electron chi connectivity index (χ1n) is 12.6. The van der Waals surface area contributed by atoms with E-state index in [-0.39, 0.29) is 30.5 Å². The molecule has 0 spiro atoms. The predicted octanol–water partition coefficient (Wildman–Crippen LogP) is 4.63. The summed E-state index contributed by atoms with van der Waals surface area (Å²) in [4.78, 5) is 38.9. The molecule has 7 nitrogen and oxygen atoms in total. The van der Waals surface area contributed by atoms with Crippen LogP contribution in [-0.2, 0) is 14.3 Å². The molecule has 1 heterocycles. The number of carbonyl (C=O) groups is 3. The van der Waals surface area contributed by atoms with Gasteiger partial charge in [0.05, 0.1) is 6.10 Å². The second kappa shape index (κ2) is 8.81. The largest absolute Gasteiger partial charge is 0.444 e. The summed E-state index contributed by atoms with van der Waals surface area (Å²) in [5.41, 5.74) is -7.45. The van der Waals surface area contributed by atoms with E-state index in [2.05, 4.69) is 5.16 Å². The second-order valence-corrected chi connectivity index (χ2v) is 12.4. The number of ether oxygens (including phenoxy) is 1. The summed E-state index contributed by atoms with van der Waals surface area (Å²) in [6.07, 6.45) is -0.183. The molecule has 0 aliphatic heterocycles. The van der Waals surface area contributed by atoms with Gasteiger partial charge in [-0.3, -0.25) is 9.59 Å². The van der Waals surface area contributed by atoms with Crippen molar-refractivity contribution in [2.45, 2.75) is 70.5 Å². The zero-order chi connectivity index (χ0) is 27.8. The maximum absolute atomic E-state index is 17.4. The maximum atomic E-state index is 17.4. The fraction of sp³-hybridized carbons (Fsp3) is 0.630. The van der Waals surface area contributed by atoms with Crippen molar-refractivity contribution in [3.63, 3.8) is 0 Å². The van der Waals surface area contributed by atoms with E-state index in [1.807, 2.05) is 0 Å². The van der Waals surface area contributed by atoms with Crippen molar-refractivity contribution in [1.82, 2.24) is 5.16 Å². The van der Waals surface area contributed by atoms with E-state index < -0.39 is 75.0 Å². The SMILES string of the molecule is Cc1cc(C(=O)OC2(C(=O)SCF)C(C)C[C@H]3[C@@H]4CC(F)C5=CC(=O)C=C[C@]5(C)C4(F)C(O)C[C@@]32C)no1. The minimum Gasteiger partial charge on any atom is -0.444 e. The van der Waals surface area contributed by atoms with Crippen LogP contribution in [0.5, 0.6) is 0 Å². The van der Waals surface area contributed by atoms with Crippen molar-refractivity contribution in [3.8, 4) is 0 Å². The number of rotatable bonds is 4. The monoisotopic (exact) mass is 553 g/mol. The van der Waals surface area contributed by atoms with Gasteiger partial charge in [0.25, 0.3) is 0 Å². The summed E-state index contributed by atoms with van der Waals surface area (Å²) in [5.74, 6) is -3.57. The fourth-order valence-corrected chi connectivity index (χ4v) is 8.83. The van der Waals surface area contributed by atoms with E-state index in [0.29, 0.717) is 17.5 Å². The molecule has 1 aromatic rings. The molecule has 11 heteroatoms. The van der Waals surface area contributed by atoms with Crippen molar-refractivity contribution < 1.29 is 41.9 Å². The van der Waals surface area contributed by atoms with Gasteiger partial charge in [-0.25, -0.2) is 18.0 Å². The van der Waals surface area contributed by atoms with Crippen LogP contribution < -0.4 is 0 Å². The van der Waals surface area contributed by atoms with E-state index in [9.17, 15) is 23.9 Å². The number of hydrogen-bond donors (Lipinski definition) is 1. The Morgan fingerprint density at radius 3 is 2.63 bits per heavy atom. The first-order valence-corrected chi connectivity index (χ1v) is 13.6. The molecular weight excluding hydrogens is 523 g/mol. The van der Waals surface area contributed by atoms with Gasteiger partial charge in [-0.05, 0) is 68.5 Å². The number of alkyl halides is 3. The molecule has 0 amide bonds. The summed E-state index contributed by atoms with van der Waals surface area (Å²) >= 11 is 0.342. The molecule has 0 radical (unpaired) electrons. The lowest BCUT2D eigenvalue weighted by molar-refractivity contribution is -0.221. The van der Waals surface area contributed by atoms with Crippen LogP contribution in [0.4, 0.5) is 13.2 Å². The summed E-state index contributed by atoms with van der Waals surface area (Å²) in [5, 5.41) is 14.4. The lowest BCUT2D eigenvalue weighted by Gasteiger charge is -2.63. The zero-order valence-electron chi connectivity index (χ0n) is 21.5. The molecule has 38 heavy (non-hydrogen) atoms. The van der Waals surface area contributed by atoms with Gasteiger partial charge in [-0.15, -0.1) is 0 Å².